The van der Waals surface area contributed by atoms with E-state index in [4.69, 9.17) is 14.7 Å². The van der Waals surface area contributed by atoms with Crippen LogP contribution in [0.15, 0.2) is 78.5 Å². The van der Waals surface area contributed by atoms with E-state index in [1.807, 2.05) is 42.5 Å². The Balaban J connectivity index is 1.91. The zero-order valence-corrected chi connectivity index (χ0v) is 15.8. The molecule has 3 rings (SSSR count). The first kappa shape index (κ1) is 20.0. The number of aryl methyl sites for hydroxylation is 1. The van der Waals surface area contributed by atoms with Crippen molar-refractivity contribution in [2.24, 2.45) is 5.16 Å². The predicted molar refractivity (Wildman–Crippen MR) is 108 cm³/mol. The van der Waals surface area contributed by atoms with Gasteiger partial charge in [-0.15, -0.1) is 5.16 Å². The summed E-state index contributed by atoms with van der Waals surface area (Å²) >= 11 is 0. The van der Waals surface area contributed by atoms with Gasteiger partial charge in [0.15, 0.2) is 12.2 Å². The lowest BCUT2D eigenvalue weighted by Gasteiger charge is -2.32. The normalized spacial score (nSPS) is 10.9. The molecule has 7 nitrogen and oxygen atoms in total. The van der Waals surface area contributed by atoms with Crippen LogP contribution < -0.4 is 4.74 Å². The zero-order chi connectivity index (χ0) is 20.5. The minimum atomic E-state index is -1.02. The minimum Gasteiger partial charge on any atom is -0.482 e. The van der Waals surface area contributed by atoms with Gasteiger partial charge in [0.25, 0.3) is 0 Å². The second-order valence-electron chi connectivity index (χ2n) is 6.36. The molecule has 2 aromatic heterocycles. The molecule has 0 saturated carbocycles. The van der Waals surface area contributed by atoms with E-state index in [2.05, 4.69) is 21.8 Å². The van der Waals surface area contributed by atoms with Gasteiger partial charge in [-0.1, -0.05) is 24.3 Å². The lowest BCUT2D eigenvalue weighted by atomic mass is 9.83. The van der Waals surface area contributed by atoms with Gasteiger partial charge in [0, 0.05) is 49.1 Å². The van der Waals surface area contributed by atoms with Crippen LogP contribution in [0.2, 0.25) is 0 Å². The number of nitrogens with zero attached hydrogens (tertiary/aromatic N) is 3. The van der Waals surface area contributed by atoms with E-state index in [1.54, 1.807) is 30.9 Å². The first-order chi connectivity index (χ1) is 14.1. The first-order valence-electron chi connectivity index (χ1n) is 9.03. The molecule has 0 aliphatic heterocycles. The second kappa shape index (κ2) is 9.45. The topological polar surface area (TPSA) is 93.9 Å². The van der Waals surface area contributed by atoms with Gasteiger partial charge in [0.2, 0.25) is 0 Å². The fourth-order valence-corrected chi connectivity index (χ4v) is 3.18. The van der Waals surface area contributed by atoms with E-state index < -0.39 is 11.6 Å². The van der Waals surface area contributed by atoms with Gasteiger partial charge in [-0.3, -0.25) is 9.97 Å². The summed E-state index contributed by atoms with van der Waals surface area (Å²) in [5.74, 6) is -0.519. The number of carbonyl (C=O) groups is 1. The molecule has 7 heteroatoms. The number of hydrogen-bond donors (Lipinski definition) is 1. The first-order valence-corrected chi connectivity index (χ1v) is 9.03. The molecule has 2 heterocycles. The third-order valence-electron chi connectivity index (χ3n) is 4.50. The van der Waals surface area contributed by atoms with E-state index in [-0.39, 0.29) is 6.61 Å². The zero-order valence-electron chi connectivity index (χ0n) is 15.8. The molecule has 148 valence electrons. The highest BCUT2D eigenvalue weighted by Gasteiger charge is 2.37. The summed E-state index contributed by atoms with van der Waals surface area (Å²) in [6.45, 7) is 3.13. The smallest absolute Gasteiger partial charge is 0.341 e. The maximum Gasteiger partial charge on any atom is 0.341 e. The Labute approximate surface area is 168 Å². The van der Waals surface area contributed by atoms with Crippen LogP contribution in [-0.2, 0) is 21.7 Å². The van der Waals surface area contributed by atoms with Crippen molar-refractivity contribution in [1.82, 2.24) is 9.97 Å². The molecular weight excluding hydrogens is 370 g/mol. The number of aromatic nitrogens is 2. The third kappa shape index (κ3) is 4.95. The average Bonchev–Trinajstić information content (AvgIpc) is 2.77. The lowest BCUT2D eigenvalue weighted by molar-refractivity contribution is -0.139. The number of hydrogen-bond acceptors (Lipinski definition) is 6. The minimum absolute atomic E-state index is 0.387. The van der Waals surface area contributed by atoms with Crippen molar-refractivity contribution < 1.29 is 19.5 Å². The van der Waals surface area contributed by atoms with Crippen LogP contribution in [0.25, 0.3) is 0 Å². The Bertz CT molecular complexity index is 909. The van der Waals surface area contributed by atoms with Crippen LogP contribution >= 0.6 is 0 Å². The summed E-state index contributed by atoms with van der Waals surface area (Å²) in [7, 11) is 0. The van der Waals surface area contributed by atoms with Crippen molar-refractivity contribution >= 4 is 12.7 Å². The Morgan fingerprint density at radius 3 is 2.31 bits per heavy atom. The van der Waals surface area contributed by atoms with Gasteiger partial charge in [0.05, 0.1) is 0 Å². The quantitative estimate of drug-likeness (QED) is 0.420. The van der Waals surface area contributed by atoms with Crippen molar-refractivity contribution in [1.29, 1.82) is 0 Å². The number of carboxylic acid groups (broad SMARTS) is 1. The number of rotatable bonds is 10. The van der Waals surface area contributed by atoms with Gasteiger partial charge in [-0.2, -0.15) is 0 Å². The highest BCUT2D eigenvalue weighted by molar-refractivity contribution is 5.68. The van der Waals surface area contributed by atoms with Gasteiger partial charge < -0.3 is 14.7 Å². The number of pyridine rings is 2. The SMILES string of the molecule is C=NOC(CCc1cccc(OCC(=O)O)c1)(c1cccnc1)c1cccnc1. The van der Waals surface area contributed by atoms with E-state index in [0.717, 1.165) is 16.7 Å². The van der Waals surface area contributed by atoms with Crippen molar-refractivity contribution in [3.8, 4) is 5.75 Å². The summed E-state index contributed by atoms with van der Waals surface area (Å²) in [5, 5.41) is 12.5. The van der Waals surface area contributed by atoms with Crippen LogP contribution in [0.4, 0.5) is 0 Å². The Morgan fingerprint density at radius 2 is 1.76 bits per heavy atom. The fraction of sp³-hybridized carbons (Fsp3) is 0.182. The number of oxime groups is 1. The van der Waals surface area contributed by atoms with Crippen LogP contribution in [0.5, 0.6) is 5.75 Å². The highest BCUT2D eigenvalue weighted by Crippen LogP contribution is 2.38. The molecule has 0 aliphatic carbocycles. The molecule has 3 aromatic rings. The molecular formula is C22H21N3O4. The van der Waals surface area contributed by atoms with Gasteiger partial charge in [-0.25, -0.2) is 4.79 Å². The van der Waals surface area contributed by atoms with Crippen LogP contribution in [0, 0.1) is 0 Å². The number of aliphatic carboxylic acids is 1. The molecule has 0 fully saturated rings. The van der Waals surface area contributed by atoms with Crippen LogP contribution in [0.1, 0.15) is 23.1 Å². The van der Waals surface area contributed by atoms with Gasteiger partial charge in [0.1, 0.15) is 5.75 Å². The van der Waals surface area contributed by atoms with Crippen LogP contribution in [-0.4, -0.2) is 34.4 Å². The van der Waals surface area contributed by atoms with E-state index in [1.165, 1.54) is 0 Å². The number of ether oxygens (including phenoxy) is 1. The van der Waals surface area contributed by atoms with E-state index in [0.29, 0.717) is 18.6 Å². The lowest BCUT2D eigenvalue weighted by Crippen LogP contribution is -2.30. The van der Waals surface area contributed by atoms with E-state index >= 15 is 0 Å². The molecule has 0 amide bonds. The molecule has 0 radical (unpaired) electrons. The number of carboxylic acids is 1. The Morgan fingerprint density at radius 1 is 1.07 bits per heavy atom. The van der Waals surface area contributed by atoms with Crippen molar-refractivity contribution in [3.63, 3.8) is 0 Å². The van der Waals surface area contributed by atoms with Gasteiger partial charge in [-0.05, 0) is 36.2 Å². The van der Waals surface area contributed by atoms with Crippen LogP contribution in [0.3, 0.4) is 0 Å². The molecule has 1 N–H and O–H groups in total. The monoisotopic (exact) mass is 391 g/mol. The Hall–Kier alpha value is -3.74. The summed E-state index contributed by atoms with van der Waals surface area (Å²) in [6, 6.07) is 14.9. The summed E-state index contributed by atoms with van der Waals surface area (Å²) in [4.78, 5) is 25.0. The average molecular weight is 391 g/mol. The molecule has 0 aliphatic rings. The standard InChI is InChI=1S/C22H21N3O4/c1-23-29-22(18-6-3-11-24-14-18,19-7-4-12-25-15-19)10-9-17-5-2-8-20(13-17)28-16-21(26)27/h2-8,11-15H,1,9-10,16H2,(H,26,27). The van der Waals surface area contributed by atoms with Crippen molar-refractivity contribution in [3.05, 3.63) is 90.0 Å². The molecule has 0 spiro atoms. The molecule has 0 atom stereocenters. The molecule has 0 bridgehead atoms. The summed E-state index contributed by atoms with van der Waals surface area (Å²) in [5.41, 5.74) is 1.72. The van der Waals surface area contributed by atoms with E-state index in [9.17, 15) is 4.79 Å². The fourth-order valence-electron chi connectivity index (χ4n) is 3.18. The molecule has 29 heavy (non-hydrogen) atoms. The largest absolute Gasteiger partial charge is 0.482 e. The predicted octanol–water partition coefficient (Wildman–Crippen LogP) is 3.45. The summed E-state index contributed by atoms with van der Waals surface area (Å²) < 4.78 is 5.28. The Kier molecular flexibility index (Phi) is 6.52. The number of benzene rings is 1. The van der Waals surface area contributed by atoms with Crippen molar-refractivity contribution in [2.75, 3.05) is 6.61 Å². The second-order valence-corrected chi connectivity index (χ2v) is 6.36. The third-order valence-corrected chi connectivity index (χ3v) is 4.50. The molecule has 0 unspecified atom stereocenters. The highest BCUT2D eigenvalue weighted by atomic mass is 16.6. The van der Waals surface area contributed by atoms with Crippen molar-refractivity contribution in [2.45, 2.75) is 18.4 Å². The van der Waals surface area contributed by atoms with Gasteiger partial charge >= 0.3 is 5.97 Å². The maximum absolute atomic E-state index is 10.7. The molecule has 0 saturated heterocycles. The summed E-state index contributed by atoms with van der Waals surface area (Å²) in [6.07, 6.45) is 8.02. The maximum atomic E-state index is 10.7. The molecule has 1 aromatic carbocycles.